The lowest BCUT2D eigenvalue weighted by atomic mass is 10.1. The normalized spacial score (nSPS) is 16.0. The zero-order chi connectivity index (χ0) is 19.2. The standard InChI is InChI=1S/C21H26FN3O2/c1-16(21(26)23-15-17-5-3-4-6-20(17)27-2)24-11-13-25(14-12-24)19-9-7-18(22)8-10-19/h3-10,16H,11-15H2,1-2H3,(H,23,26)/p+1/t16-/m0/s1. The summed E-state index contributed by atoms with van der Waals surface area (Å²) >= 11 is 0. The Labute approximate surface area is 159 Å². The number of halogens is 1. The molecule has 1 aliphatic heterocycles. The minimum Gasteiger partial charge on any atom is -0.496 e. The van der Waals surface area contributed by atoms with Crippen molar-refractivity contribution in [3.63, 3.8) is 0 Å². The van der Waals surface area contributed by atoms with Gasteiger partial charge in [0.2, 0.25) is 0 Å². The van der Waals surface area contributed by atoms with Gasteiger partial charge in [-0.2, -0.15) is 0 Å². The fourth-order valence-electron chi connectivity index (χ4n) is 3.51. The highest BCUT2D eigenvalue weighted by atomic mass is 19.1. The molecule has 1 atom stereocenters. The van der Waals surface area contributed by atoms with Gasteiger partial charge >= 0.3 is 0 Å². The van der Waals surface area contributed by atoms with Crippen LogP contribution in [-0.2, 0) is 11.3 Å². The summed E-state index contributed by atoms with van der Waals surface area (Å²) in [5.41, 5.74) is 2.00. The molecule has 1 amide bonds. The van der Waals surface area contributed by atoms with Crippen LogP contribution in [0.4, 0.5) is 10.1 Å². The van der Waals surface area contributed by atoms with Crippen LogP contribution in [0.5, 0.6) is 5.75 Å². The quantitative estimate of drug-likeness (QED) is 0.802. The molecular formula is C21H27FN3O2+. The molecule has 1 heterocycles. The number of anilines is 1. The van der Waals surface area contributed by atoms with E-state index in [1.165, 1.54) is 17.0 Å². The van der Waals surface area contributed by atoms with Crippen molar-refractivity contribution in [2.75, 3.05) is 38.2 Å². The van der Waals surface area contributed by atoms with E-state index in [4.69, 9.17) is 4.74 Å². The molecule has 0 bridgehead atoms. The number of nitrogens with zero attached hydrogens (tertiary/aromatic N) is 1. The lowest BCUT2D eigenvalue weighted by Gasteiger charge is -2.36. The van der Waals surface area contributed by atoms with Crippen molar-refractivity contribution in [3.8, 4) is 5.75 Å². The van der Waals surface area contributed by atoms with Gasteiger partial charge in [0.15, 0.2) is 6.04 Å². The summed E-state index contributed by atoms with van der Waals surface area (Å²) < 4.78 is 18.4. The molecule has 27 heavy (non-hydrogen) atoms. The minimum absolute atomic E-state index is 0.0474. The number of amides is 1. The lowest BCUT2D eigenvalue weighted by molar-refractivity contribution is -0.914. The minimum atomic E-state index is -0.219. The molecule has 5 nitrogen and oxygen atoms in total. The number of quaternary nitrogens is 1. The molecule has 1 fully saturated rings. The van der Waals surface area contributed by atoms with Crippen LogP contribution in [0.15, 0.2) is 48.5 Å². The summed E-state index contributed by atoms with van der Waals surface area (Å²) in [5, 5.41) is 3.02. The SMILES string of the molecule is COc1ccccc1CNC(=O)[C@H](C)[NH+]1CCN(c2ccc(F)cc2)CC1. The molecule has 2 aromatic carbocycles. The monoisotopic (exact) mass is 372 g/mol. The van der Waals surface area contributed by atoms with E-state index in [0.717, 1.165) is 43.2 Å². The van der Waals surface area contributed by atoms with Gasteiger partial charge in [-0.25, -0.2) is 4.39 Å². The Morgan fingerprint density at radius 3 is 2.52 bits per heavy atom. The molecule has 2 aromatic rings. The van der Waals surface area contributed by atoms with Gasteiger partial charge in [-0.15, -0.1) is 0 Å². The van der Waals surface area contributed by atoms with Gasteiger partial charge in [0.25, 0.3) is 5.91 Å². The molecule has 1 saturated heterocycles. The number of hydrogen-bond donors (Lipinski definition) is 2. The molecule has 1 aliphatic rings. The highest BCUT2D eigenvalue weighted by Gasteiger charge is 2.29. The zero-order valence-electron chi connectivity index (χ0n) is 15.9. The summed E-state index contributed by atoms with van der Waals surface area (Å²) in [5.74, 6) is 0.611. The molecule has 2 N–H and O–H groups in total. The summed E-state index contributed by atoms with van der Waals surface area (Å²) in [6.45, 7) is 5.89. The molecule has 0 unspecified atom stereocenters. The Morgan fingerprint density at radius 2 is 1.85 bits per heavy atom. The van der Waals surface area contributed by atoms with Crippen LogP contribution in [0.3, 0.4) is 0 Å². The number of carbonyl (C=O) groups excluding carboxylic acids is 1. The first-order valence-corrected chi connectivity index (χ1v) is 9.33. The Balaban J connectivity index is 1.50. The van der Waals surface area contributed by atoms with E-state index in [-0.39, 0.29) is 17.8 Å². The highest BCUT2D eigenvalue weighted by molar-refractivity contribution is 5.80. The second-order valence-electron chi connectivity index (χ2n) is 6.87. The van der Waals surface area contributed by atoms with E-state index in [2.05, 4.69) is 10.2 Å². The van der Waals surface area contributed by atoms with Crippen LogP contribution < -0.4 is 19.9 Å². The largest absolute Gasteiger partial charge is 0.496 e. The topological polar surface area (TPSA) is 46.0 Å². The van der Waals surface area contributed by atoms with E-state index >= 15 is 0 Å². The summed E-state index contributed by atoms with van der Waals surface area (Å²) in [6, 6.07) is 14.2. The van der Waals surface area contributed by atoms with Gasteiger partial charge in [0.05, 0.1) is 33.3 Å². The van der Waals surface area contributed by atoms with Crippen molar-refractivity contribution in [1.82, 2.24) is 5.32 Å². The molecule has 0 aromatic heterocycles. The molecule has 6 heteroatoms. The summed E-state index contributed by atoms with van der Waals surface area (Å²) in [4.78, 5) is 16.1. The van der Waals surface area contributed by atoms with Crippen LogP contribution in [0.1, 0.15) is 12.5 Å². The third-order valence-corrected chi connectivity index (χ3v) is 5.25. The van der Waals surface area contributed by atoms with Gasteiger partial charge in [-0.05, 0) is 37.3 Å². The number of nitrogens with one attached hydrogen (secondary N) is 2. The van der Waals surface area contributed by atoms with Gasteiger partial charge < -0.3 is 19.9 Å². The van der Waals surface area contributed by atoms with Crippen molar-refractivity contribution in [3.05, 3.63) is 59.9 Å². The van der Waals surface area contributed by atoms with Gasteiger partial charge in [-0.1, -0.05) is 18.2 Å². The molecule has 0 aliphatic carbocycles. The van der Waals surface area contributed by atoms with E-state index in [1.807, 2.05) is 43.3 Å². The smallest absolute Gasteiger partial charge is 0.278 e. The van der Waals surface area contributed by atoms with Crippen LogP contribution in [0.2, 0.25) is 0 Å². The van der Waals surface area contributed by atoms with Gasteiger partial charge in [-0.3, -0.25) is 4.79 Å². The number of carbonyl (C=O) groups is 1. The van der Waals surface area contributed by atoms with Gasteiger partial charge in [0, 0.05) is 17.8 Å². The predicted octanol–water partition coefficient (Wildman–Crippen LogP) is 1.24. The average Bonchev–Trinajstić information content (AvgIpc) is 2.72. The van der Waals surface area contributed by atoms with E-state index in [1.54, 1.807) is 7.11 Å². The maximum absolute atomic E-state index is 13.1. The summed E-state index contributed by atoms with van der Waals surface area (Å²) in [6.07, 6.45) is 0. The fraction of sp³-hybridized carbons (Fsp3) is 0.381. The maximum atomic E-state index is 13.1. The molecule has 0 radical (unpaired) electrons. The number of rotatable bonds is 6. The lowest BCUT2D eigenvalue weighted by Crippen LogP contribution is -3.19. The van der Waals surface area contributed by atoms with Crippen LogP contribution >= 0.6 is 0 Å². The molecule has 144 valence electrons. The fourth-order valence-corrected chi connectivity index (χ4v) is 3.51. The van der Waals surface area contributed by atoms with Crippen molar-refractivity contribution in [2.24, 2.45) is 0 Å². The first kappa shape index (κ1) is 19.2. The number of hydrogen-bond acceptors (Lipinski definition) is 3. The van der Waals surface area contributed by atoms with Crippen molar-refractivity contribution < 1.29 is 18.8 Å². The number of piperazine rings is 1. The van der Waals surface area contributed by atoms with Crippen molar-refractivity contribution >= 4 is 11.6 Å². The Kier molecular flexibility index (Phi) is 6.29. The Hall–Kier alpha value is -2.60. The second kappa shape index (κ2) is 8.86. The third-order valence-electron chi connectivity index (χ3n) is 5.25. The average molecular weight is 372 g/mol. The van der Waals surface area contributed by atoms with E-state index in [0.29, 0.717) is 6.54 Å². The highest BCUT2D eigenvalue weighted by Crippen LogP contribution is 2.17. The first-order chi connectivity index (χ1) is 13.1. The number of methoxy groups -OCH3 is 1. The number of benzene rings is 2. The van der Waals surface area contributed by atoms with Gasteiger partial charge in [0.1, 0.15) is 11.6 Å². The van der Waals surface area contributed by atoms with E-state index in [9.17, 15) is 9.18 Å². The Morgan fingerprint density at radius 1 is 1.19 bits per heavy atom. The second-order valence-corrected chi connectivity index (χ2v) is 6.87. The first-order valence-electron chi connectivity index (χ1n) is 9.33. The van der Waals surface area contributed by atoms with Crippen LogP contribution in [0, 0.1) is 5.82 Å². The number of ether oxygens (including phenoxy) is 1. The predicted molar refractivity (Wildman–Crippen MR) is 104 cm³/mol. The number of para-hydroxylation sites is 1. The van der Waals surface area contributed by atoms with Crippen molar-refractivity contribution in [1.29, 1.82) is 0 Å². The zero-order valence-corrected chi connectivity index (χ0v) is 15.9. The Bertz CT molecular complexity index is 758. The molecule has 0 saturated carbocycles. The molecule has 0 spiro atoms. The molecular weight excluding hydrogens is 345 g/mol. The van der Waals surface area contributed by atoms with Crippen LogP contribution in [0.25, 0.3) is 0 Å². The van der Waals surface area contributed by atoms with E-state index < -0.39 is 0 Å². The molecule has 3 rings (SSSR count). The van der Waals surface area contributed by atoms with Crippen molar-refractivity contribution in [2.45, 2.75) is 19.5 Å². The maximum Gasteiger partial charge on any atom is 0.278 e. The van der Waals surface area contributed by atoms with Crippen LogP contribution in [-0.4, -0.2) is 45.2 Å². The third kappa shape index (κ3) is 4.77. The summed E-state index contributed by atoms with van der Waals surface area (Å²) in [7, 11) is 1.63.